The van der Waals surface area contributed by atoms with Crippen molar-refractivity contribution >= 4 is 22.8 Å². The first-order valence-corrected chi connectivity index (χ1v) is 8.80. The Hall–Kier alpha value is -4.02. The van der Waals surface area contributed by atoms with Crippen LogP contribution in [0.2, 0.25) is 0 Å². The van der Waals surface area contributed by atoms with Gasteiger partial charge in [0, 0.05) is 6.07 Å². The molecule has 0 aliphatic rings. The molecule has 158 valence electrons. The molecule has 1 N–H and O–H groups in total. The summed E-state index contributed by atoms with van der Waals surface area (Å²) in [6.07, 6.45) is -2.63. The first-order chi connectivity index (χ1) is 14.8. The zero-order chi connectivity index (χ0) is 22.2. The Balaban J connectivity index is 1.70. The number of rotatable bonds is 4. The molecule has 2 aromatic heterocycles. The normalized spacial score (nSPS) is 11.5. The van der Waals surface area contributed by atoms with E-state index < -0.39 is 23.7 Å². The maximum atomic E-state index is 13.7. The van der Waals surface area contributed by atoms with Crippen LogP contribution >= 0.6 is 0 Å². The molecule has 0 atom stereocenters. The van der Waals surface area contributed by atoms with Crippen molar-refractivity contribution in [3.63, 3.8) is 0 Å². The number of fused-ring (bicyclic) bond motifs is 1. The van der Waals surface area contributed by atoms with Crippen molar-refractivity contribution in [2.24, 2.45) is 0 Å². The maximum absolute atomic E-state index is 13.7. The van der Waals surface area contributed by atoms with Gasteiger partial charge in [0.15, 0.2) is 11.6 Å². The van der Waals surface area contributed by atoms with Gasteiger partial charge in [-0.2, -0.15) is 13.2 Å². The van der Waals surface area contributed by atoms with E-state index in [0.717, 1.165) is 23.0 Å². The highest BCUT2D eigenvalue weighted by atomic mass is 19.4. The number of anilines is 1. The lowest BCUT2D eigenvalue weighted by atomic mass is 10.2. The van der Waals surface area contributed by atoms with Crippen molar-refractivity contribution in [3.8, 4) is 11.6 Å². The number of ether oxygens (including phenoxy) is 1. The van der Waals surface area contributed by atoms with Crippen LogP contribution in [-0.4, -0.2) is 32.5 Å². The minimum atomic E-state index is -4.76. The highest BCUT2D eigenvalue weighted by molar-refractivity contribution is 6.03. The molecule has 4 rings (SSSR count). The van der Waals surface area contributed by atoms with Gasteiger partial charge in [-0.1, -0.05) is 12.1 Å². The number of nitrogens with zero attached hydrogens (tertiary/aromatic N) is 4. The molecule has 0 radical (unpaired) electrons. The highest BCUT2D eigenvalue weighted by Crippen LogP contribution is 2.34. The van der Waals surface area contributed by atoms with E-state index >= 15 is 0 Å². The predicted molar refractivity (Wildman–Crippen MR) is 103 cm³/mol. The molecule has 2 aromatic carbocycles. The monoisotopic (exact) mass is 431 g/mol. The summed E-state index contributed by atoms with van der Waals surface area (Å²) in [6, 6.07) is 9.63. The number of hydrogen-bond donors (Lipinski definition) is 1. The number of methoxy groups -OCH3 is 1. The number of imidazole rings is 1. The number of alkyl halides is 3. The zero-order valence-electron chi connectivity index (χ0n) is 15.8. The Morgan fingerprint density at radius 2 is 1.87 bits per heavy atom. The second-order valence-corrected chi connectivity index (χ2v) is 6.32. The largest absolute Gasteiger partial charge is 0.497 e. The Labute approximate surface area is 172 Å². The van der Waals surface area contributed by atoms with E-state index in [2.05, 4.69) is 20.3 Å². The van der Waals surface area contributed by atoms with Crippen molar-refractivity contribution in [1.29, 1.82) is 0 Å². The van der Waals surface area contributed by atoms with Gasteiger partial charge >= 0.3 is 6.18 Å². The van der Waals surface area contributed by atoms with Crippen LogP contribution in [0.4, 0.5) is 23.4 Å². The van der Waals surface area contributed by atoms with Crippen LogP contribution in [0.15, 0.2) is 54.9 Å². The summed E-state index contributed by atoms with van der Waals surface area (Å²) in [5.74, 6) is -2.55. The lowest BCUT2D eigenvalue weighted by Crippen LogP contribution is -2.16. The van der Waals surface area contributed by atoms with E-state index in [9.17, 15) is 22.4 Å². The Kier molecular flexibility index (Phi) is 5.01. The molecule has 0 unspecified atom stereocenters. The van der Waals surface area contributed by atoms with Crippen molar-refractivity contribution in [3.05, 3.63) is 72.1 Å². The van der Waals surface area contributed by atoms with Gasteiger partial charge in [-0.05, 0) is 24.3 Å². The molecule has 0 bridgehead atoms. The third-order valence-electron chi connectivity index (χ3n) is 4.34. The summed E-state index contributed by atoms with van der Waals surface area (Å²) < 4.78 is 60.3. The van der Waals surface area contributed by atoms with Crippen LogP contribution in [0, 0.1) is 5.82 Å². The van der Waals surface area contributed by atoms with Crippen LogP contribution in [0.5, 0.6) is 5.75 Å². The van der Waals surface area contributed by atoms with Crippen LogP contribution < -0.4 is 10.1 Å². The standard InChI is InChI=1S/C20H13F4N5O2/c1-31-11-6-7-15-14(8-11)27-19(20(22,23)24)29(15)17-10-25-16(9-26-17)28-18(30)12-4-2-3-5-13(12)21/h2-10H,1H3,(H,25,28,30). The van der Waals surface area contributed by atoms with Crippen LogP contribution in [0.1, 0.15) is 16.2 Å². The SMILES string of the molecule is COc1ccc2c(c1)nc(C(F)(F)F)n2-c1cnc(NC(=O)c2ccccc2F)cn1. The fourth-order valence-corrected chi connectivity index (χ4v) is 2.94. The van der Waals surface area contributed by atoms with Gasteiger partial charge in [0.25, 0.3) is 5.91 Å². The van der Waals surface area contributed by atoms with Gasteiger partial charge in [-0.3, -0.25) is 9.36 Å². The second kappa shape index (κ2) is 7.67. The molecule has 7 nitrogen and oxygen atoms in total. The van der Waals surface area contributed by atoms with E-state index in [0.29, 0.717) is 5.75 Å². The van der Waals surface area contributed by atoms with Gasteiger partial charge in [0.05, 0.1) is 36.1 Å². The summed E-state index contributed by atoms with van der Waals surface area (Å²) in [4.78, 5) is 23.8. The van der Waals surface area contributed by atoms with Gasteiger partial charge < -0.3 is 10.1 Å². The third kappa shape index (κ3) is 3.89. The summed E-state index contributed by atoms with van der Waals surface area (Å²) in [6.45, 7) is 0. The van der Waals surface area contributed by atoms with E-state index in [1.54, 1.807) is 0 Å². The van der Waals surface area contributed by atoms with E-state index in [-0.39, 0.29) is 28.2 Å². The lowest BCUT2D eigenvalue weighted by Gasteiger charge is -2.11. The summed E-state index contributed by atoms with van der Waals surface area (Å²) >= 11 is 0. The molecule has 0 saturated heterocycles. The average Bonchev–Trinajstić information content (AvgIpc) is 3.14. The fourth-order valence-electron chi connectivity index (χ4n) is 2.94. The molecule has 0 saturated carbocycles. The predicted octanol–water partition coefficient (Wildman–Crippen LogP) is 4.23. The van der Waals surface area contributed by atoms with Gasteiger partial charge in [0.2, 0.25) is 5.82 Å². The van der Waals surface area contributed by atoms with E-state index in [4.69, 9.17) is 4.74 Å². The summed E-state index contributed by atoms with van der Waals surface area (Å²) in [5, 5.41) is 2.35. The van der Waals surface area contributed by atoms with Crippen molar-refractivity contribution in [1.82, 2.24) is 19.5 Å². The summed E-state index contributed by atoms with van der Waals surface area (Å²) in [5.41, 5.74) is -0.00161. The van der Waals surface area contributed by atoms with Gasteiger partial charge in [0.1, 0.15) is 11.6 Å². The highest BCUT2D eigenvalue weighted by Gasteiger charge is 2.38. The number of hydrogen-bond acceptors (Lipinski definition) is 5. The third-order valence-corrected chi connectivity index (χ3v) is 4.34. The first kappa shape index (κ1) is 20.3. The molecular formula is C20H13F4N5O2. The minimum Gasteiger partial charge on any atom is -0.497 e. The number of amides is 1. The van der Waals surface area contributed by atoms with Crippen LogP contribution in [0.3, 0.4) is 0 Å². The molecule has 1 amide bonds. The van der Waals surface area contributed by atoms with Crippen molar-refractivity contribution in [2.75, 3.05) is 12.4 Å². The number of carbonyl (C=O) groups is 1. The number of aromatic nitrogens is 4. The molecule has 0 fully saturated rings. The Bertz CT molecular complexity index is 1270. The molecule has 0 aliphatic carbocycles. The van der Waals surface area contributed by atoms with Crippen LogP contribution in [0.25, 0.3) is 16.9 Å². The minimum absolute atomic E-state index is 0.0587. The number of carbonyl (C=O) groups excluding carboxylic acids is 1. The molecule has 4 aromatic rings. The smallest absolute Gasteiger partial charge is 0.450 e. The lowest BCUT2D eigenvalue weighted by molar-refractivity contribution is -0.145. The topological polar surface area (TPSA) is 81.9 Å². The average molecular weight is 431 g/mol. The zero-order valence-corrected chi connectivity index (χ0v) is 15.8. The van der Waals surface area contributed by atoms with Crippen LogP contribution in [-0.2, 0) is 6.18 Å². The number of benzene rings is 2. The molecule has 0 aliphatic heterocycles. The quantitative estimate of drug-likeness (QED) is 0.489. The van der Waals surface area contributed by atoms with Crippen molar-refractivity contribution < 1.29 is 27.1 Å². The molecule has 2 heterocycles. The van der Waals surface area contributed by atoms with Crippen molar-refractivity contribution in [2.45, 2.75) is 6.18 Å². The molecular weight excluding hydrogens is 418 g/mol. The molecule has 0 spiro atoms. The van der Waals surface area contributed by atoms with E-state index in [1.807, 2.05) is 0 Å². The fraction of sp³-hybridized carbons (Fsp3) is 0.100. The first-order valence-electron chi connectivity index (χ1n) is 8.80. The Morgan fingerprint density at radius 3 is 2.52 bits per heavy atom. The molecule has 11 heteroatoms. The Morgan fingerprint density at radius 1 is 1.10 bits per heavy atom. The second-order valence-electron chi connectivity index (χ2n) is 6.32. The maximum Gasteiger partial charge on any atom is 0.450 e. The van der Waals surface area contributed by atoms with E-state index in [1.165, 1.54) is 43.5 Å². The van der Waals surface area contributed by atoms with Gasteiger partial charge in [-0.15, -0.1) is 0 Å². The molecule has 31 heavy (non-hydrogen) atoms. The van der Waals surface area contributed by atoms with Gasteiger partial charge in [-0.25, -0.2) is 19.3 Å². The number of halogens is 4. The number of nitrogens with one attached hydrogen (secondary N) is 1. The summed E-state index contributed by atoms with van der Waals surface area (Å²) in [7, 11) is 1.39.